The summed E-state index contributed by atoms with van der Waals surface area (Å²) in [5.41, 5.74) is 0.989. The lowest BCUT2D eigenvalue weighted by molar-refractivity contribution is -0.148. The number of rotatable bonds is 2. The summed E-state index contributed by atoms with van der Waals surface area (Å²) in [5.74, 6) is 0.0496. The van der Waals surface area contributed by atoms with Gasteiger partial charge in [-0.15, -0.1) is 0 Å². The zero-order chi connectivity index (χ0) is 14.7. The molecule has 1 unspecified atom stereocenters. The second-order valence-corrected chi connectivity index (χ2v) is 5.74. The average molecular weight is 310 g/mol. The van der Waals surface area contributed by atoms with Crippen LogP contribution in [0.3, 0.4) is 0 Å². The zero-order valence-electron chi connectivity index (χ0n) is 11.8. The van der Waals surface area contributed by atoms with E-state index in [1.54, 1.807) is 0 Å². The summed E-state index contributed by atoms with van der Waals surface area (Å²) in [4.78, 5) is 14.6. The average Bonchev–Trinajstić information content (AvgIpc) is 2.55. The Morgan fingerprint density at radius 3 is 2.81 bits per heavy atom. The van der Waals surface area contributed by atoms with Gasteiger partial charge in [0.2, 0.25) is 0 Å². The fraction of sp³-hybridized carbons (Fsp3) is 0.533. The monoisotopic (exact) mass is 309 g/mol. The van der Waals surface area contributed by atoms with E-state index in [1.807, 2.05) is 29.2 Å². The number of amides is 1. The number of hydrogen-bond donors (Lipinski definition) is 2. The van der Waals surface area contributed by atoms with Crippen LogP contribution in [0.15, 0.2) is 24.3 Å². The van der Waals surface area contributed by atoms with Crippen LogP contribution in [-0.2, 0) is 9.53 Å². The fourth-order valence-corrected chi connectivity index (χ4v) is 3.16. The molecule has 2 fully saturated rings. The normalized spacial score (nSPS) is 26.6. The predicted octanol–water partition coefficient (Wildman–Crippen LogP) is 0.801. The third-order valence-corrected chi connectivity index (χ3v) is 4.34. The van der Waals surface area contributed by atoms with Crippen LogP contribution in [0.1, 0.15) is 11.6 Å². The van der Waals surface area contributed by atoms with Gasteiger partial charge < -0.3 is 20.3 Å². The number of carbonyl (C=O) groups excluding carboxylic acids is 1. The van der Waals surface area contributed by atoms with Gasteiger partial charge in [-0.05, 0) is 11.6 Å². The second-order valence-electron chi connectivity index (χ2n) is 5.34. The molecule has 0 radical (unpaired) electrons. The summed E-state index contributed by atoms with van der Waals surface area (Å²) in [6.45, 7) is 4.16. The molecule has 21 heavy (non-hydrogen) atoms. The van der Waals surface area contributed by atoms with Crippen molar-refractivity contribution >= 4 is 17.5 Å². The summed E-state index contributed by atoms with van der Waals surface area (Å²) in [5, 5.41) is 7.25. The summed E-state index contributed by atoms with van der Waals surface area (Å²) >= 11 is 6.30. The van der Waals surface area contributed by atoms with E-state index in [0.717, 1.165) is 25.2 Å². The van der Waals surface area contributed by atoms with Gasteiger partial charge >= 0.3 is 0 Å². The van der Waals surface area contributed by atoms with Crippen LogP contribution in [0, 0.1) is 0 Å². The summed E-state index contributed by atoms with van der Waals surface area (Å²) in [6, 6.07) is 7.68. The van der Waals surface area contributed by atoms with Crippen molar-refractivity contribution in [2.45, 2.75) is 12.1 Å². The van der Waals surface area contributed by atoms with E-state index in [2.05, 4.69) is 10.6 Å². The second kappa shape index (κ2) is 6.75. The molecule has 0 aliphatic carbocycles. The number of benzene rings is 1. The smallest absolute Gasteiger partial charge is 0.253 e. The number of piperazine rings is 1. The van der Waals surface area contributed by atoms with Gasteiger partial charge in [-0.25, -0.2) is 0 Å². The number of halogens is 1. The highest BCUT2D eigenvalue weighted by atomic mass is 35.5. The first-order valence-corrected chi connectivity index (χ1v) is 7.73. The van der Waals surface area contributed by atoms with Crippen molar-refractivity contribution in [3.05, 3.63) is 34.9 Å². The molecule has 2 heterocycles. The molecule has 6 heteroatoms. The maximum atomic E-state index is 12.7. The number of nitrogens with one attached hydrogen (secondary N) is 2. The first-order chi connectivity index (χ1) is 10.3. The van der Waals surface area contributed by atoms with Crippen molar-refractivity contribution in [2.75, 3.05) is 39.3 Å². The molecule has 0 spiro atoms. The summed E-state index contributed by atoms with van der Waals surface area (Å²) in [7, 11) is 0. The van der Waals surface area contributed by atoms with Gasteiger partial charge in [-0.3, -0.25) is 4.79 Å². The molecule has 0 bridgehead atoms. The minimum absolute atomic E-state index is 0.0366. The van der Waals surface area contributed by atoms with Crippen molar-refractivity contribution in [1.82, 2.24) is 15.5 Å². The molecule has 1 amide bonds. The van der Waals surface area contributed by atoms with Gasteiger partial charge in [0.1, 0.15) is 6.10 Å². The lowest BCUT2D eigenvalue weighted by Gasteiger charge is -2.39. The third-order valence-electron chi connectivity index (χ3n) is 3.99. The van der Waals surface area contributed by atoms with E-state index in [-0.39, 0.29) is 18.1 Å². The van der Waals surface area contributed by atoms with Crippen LogP contribution in [0.5, 0.6) is 0 Å². The minimum Gasteiger partial charge on any atom is -0.366 e. The molecular weight excluding hydrogens is 290 g/mol. The van der Waals surface area contributed by atoms with Crippen molar-refractivity contribution in [2.24, 2.45) is 0 Å². The first kappa shape index (κ1) is 14.8. The van der Waals surface area contributed by atoms with Crippen LogP contribution < -0.4 is 10.6 Å². The van der Waals surface area contributed by atoms with Gasteiger partial charge in [0.25, 0.3) is 5.91 Å². The summed E-state index contributed by atoms with van der Waals surface area (Å²) < 4.78 is 5.60. The number of hydrogen-bond acceptors (Lipinski definition) is 4. The maximum absolute atomic E-state index is 12.7. The standard InChI is InChI=1S/C15H20ClN3O2/c16-12-4-2-1-3-11(12)13-9-17-5-7-19(13)15(20)14-10-18-6-8-21-14/h1-4,13-14,17-18H,5-10H2/t13?,14-/m0/s1. The molecule has 1 aromatic carbocycles. The van der Waals surface area contributed by atoms with Crippen LogP contribution in [0.2, 0.25) is 5.02 Å². The highest BCUT2D eigenvalue weighted by Crippen LogP contribution is 2.29. The molecule has 1 aromatic rings. The van der Waals surface area contributed by atoms with Crippen molar-refractivity contribution in [3.8, 4) is 0 Å². The molecule has 2 atom stereocenters. The first-order valence-electron chi connectivity index (χ1n) is 7.35. The highest BCUT2D eigenvalue weighted by molar-refractivity contribution is 6.31. The minimum atomic E-state index is -0.387. The van der Waals surface area contributed by atoms with Crippen molar-refractivity contribution in [1.29, 1.82) is 0 Å². The third kappa shape index (κ3) is 3.21. The van der Waals surface area contributed by atoms with Crippen LogP contribution in [0.25, 0.3) is 0 Å². The zero-order valence-corrected chi connectivity index (χ0v) is 12.6. The van der Waals surface area contributed by atoms with E-state index in [9.17, 15) is 4.79 Å². The molecule has 2 aliphatic rings. The molecule has 5 nitrogen and oxygen atoms in total. The van der Waals surface area contributed by atoms with E-state index in [1.165, 1.54) is 0 Å². The largest absolute Gasteiger partial charge is 0.366 e. The molecular formula is C15H20ClN3O2. The van der Waals surface area contributed by atoms with Crippen LogP contribution in [0.4, 0.5) is 0 Å². The number of nitrogens with zero attached hydrogens (tertiary/aromatic N) is 1. The molecule has 2 aliphatic heterocycles. The predicted molar refractivity (Wildman–Crippen MR) is 81.4 cm³/mol. The fourth-order valence-electron chi connectivity index (χ4n) is 2.90. The van der Waals surface area contributed by atoms with Gasteiger partial charge in [0.05, 0.1) is 12.6 Å². The Balaban J connectivity index is 1.81. The molecule has 2 saturated heterocycles. The highest BCUT2D eigenvalue weighted by Gasteiger charge is 2.34. The number of ether oxygens (including phenoxy) is 1. The van der Waals surface area contributed by atoms with Gasteiger partial charge in [-0.1, -0.05) is 29.8 Å². The van der Waals surface area contributed by atoms with E-state index < -0.39 is 0 Å². The van der Waals surface area contributed by atoms with Gasteiger partial charge in [-0.2, -0.15) is 0 Å². The van der Waals surface area contributed by atoms with Crippen molar-refractivity contribution in [3.63, 3.8) is 0 Å². The van der Waals surface area contributed by atoms with Crippen molar-refractivity contribution < 1.29 is 9.53 Å². The molecule has 114 valence electrons. The van der Waals surface area contributed by atoms with Crippen LogP contribution in [-0.4, -0.2) is 56.2 Å². The lowest BCUT2D eigenvalue weighted by atomic mass is 10.0. The molecule has 0 aromatic heterocycles. The summed E-state index contributed by atoms with van der Waals surface area (Å²) in [6.07, 6.45) is -0.387. The van der Waals surface area contributed by atoms with E-state index in [4.69, 9.17) is 16.3 Å². The van der Waals surface area contributed by atoms with Crippen LogP contribution >= 0.6 is 11.6 Å². The Hall–Kier alpha value is -1.14. The number of carbonyl (C=O) groups is 1. The Morgan fingerprint density at radius 2 is 2.05 bits per heavy atom. The Labute approximate surface area is 129 Å². The Bertz CT molecular complexity index is 505. The Kier molecular flexibility index (Phi) is 4.75. The Morgan fingerprint density at radius 1 is 1.24 bits per heavy atom. The number of morpholine rings is 1. The molecule has 3 rings (SSSR count). The molecule has 2 N–H and O–H groups in total. The van der Waals surface area contributed by atoms with E-state index in [0.29, 0.717) is 24.7 Å². The van der Waals surface area contributed by atoms with E-state index >= 15 is 0 Å². The van der Waals surface area contributed by atoms with Gasteiger partial charge in [0.15, 0.2) is 0 Å². The lowest BCUT2D eigenvalue weighted by Crippen LogP contribution is -2.55. The topological polar surface area (TPSA) is 53.6 Å². The quantitative estimate of drug-likeness (QED) is 0.848. The van der Waals surface area contributed by atoms with Gasteiger partial charge in [0, 0.05) is 37.7 Å². The maximum Gasteiger partial charge on any atom is 0.253 e. The molecule has 0 saturated carbocycles. The SMILES string of the molecule is O=C([C@@H]1CNCCO1)N1CCNCC1c1ccccc1Cl.